The summed E-state index contributed by atoms with van der Waals surface area (Å²) in [5.74, 6) is -2.17. The zero-order valence-corrected chi connectivity index (χ0v) is 30.1. The van der Waals surface area contributed by atoms with Crippen LogP contribution in [-0.4, -0.2) is 92.9 Å². The van der Waals surface area contributed by atoms with E-state index in [0.29, 0.717) is 18.9 Å². The lowest BCUT2D eigenvalue weighted by molar-refractivity contribution is -0.146. The number of hydrogen-bond acceptors (Lipinski definition) is 8. The number of amides is 5. The van der Waals surface area contributed by atoms with Gasteiger partial charge in [-0.15, -0.1) is 6.58 Å². The van der Waals surface area contributed by atoms with Gasteiger partial charge >= 0.3 is 0 Å². The summed E-state index contributed by atoms with van der Waals surface area (Å²) in [6.07, 6.45) is 11.1. The van der Waals surface area contributed by atoms with Crippen molar-refractivity contribution in [3.05, 3.63) is 36.9 Å². The summed E-state index contributed by atoms with van der Waals surface area (Å²) in [5, 5.41) is 22.5. The average molecular weight is 694 g/mol. The van der Waals surface area contributed by atoms with E-state index in [2.05, 4.69) is 51.7 Å². The van der Waals surface area contributed by atoms with Crippen molar-refractivity contribution < 1.29 is 29.1 Å². The van der Waals surface area contributed by atoms with Gasteiger partial charge in [0.25, 0.3) is 11.8 Å². The molecule has 1 aromatic rings. The Hall–Kier alpha value is -3.87. The summed E-state index contributed by atoms with van der Waals surface area (Å²) in [6, 6.07) is -3.53. The first-order chi connectivity index (χ1) is 23.6. The number of likely N-dealkylation sites (tertiary alicyclic amines) is 1. The number of carbonyl (C=O) groups is 5. The van der Waals surface area contributed by atoms with Crippen LogP contribution in [-0.2, 0) is 19.2 Å². The molecule has 5 N–H and O–H groups in total. The van der Waals surface area contributed by atoms with Crippen molar-refractivity contribution in [3.63, 3.8) is 0 Å². The van der Waals surface area contributed by atoms with E-state index in [9.17, 15) is 29.1 Å². The van der Waals surface area contributed by atoms with Crippen molar-refractivity contribution in [1.29, 1.82) is 0 Å². The normalized spacial score (nSPS) is 25.2. The van der Waals surface area contributed by atoms with Crippen LogP contribution in [0, 0.1) is 34.5 Å². The molecule has 7 atom stereocenters. The Bertz CT molecular complexity index is 1440. The first-order valence-corrected chi connectivity index (χ1v) is 18.2. The van der Waals surface area contributed by atoms with Gasteiger partial charge in [-0.1, -0.05) is 72.8 Å². The van der Waals surface area contributed by atoms with E-state index in [4.69, 9.17) is 0 Å². The molecule has 4 fully saturated rings. The van der Waals surface area contributed by atoms with Gasteiger partial charge in [-0.25, -0.2) is 4.98 Å². The Kier molecular flexibility index (Phi) is 11.3. The molecule has 5 rings (SSSR count). The molecule has 0 aromatic carbocycles. The number of aliphatic hydroxyl groups is 1. The molecule has 13 nitrogen and oxygen atoms in total. The molecule has 0 bridgehead atoms. The van der Waals surface area contributed by atoms with Crippen LogP contribution in [0.15, 0.2) is 31.2 Å². The standard InChI is InChI=1S/C37H55N7O6/c1-7-15-40-34(49)29(45)24(18-21-13-14-21)41-33(48)28-26-23(37(26,5)6)20-44(28)35(50)30(36(2,3)4)43-32(47)27(22-11-9-8-10-12-22)42-31(46)25-19-38-16-17-39-25/h7,16-17,19,21-24,26-30,45H,1,8-15,18,20H2,2-6H3,(H,40,49)(H,41,48)(H,42,46)(H,43,47)/t23-,24?,26-,27-,28-,29?,30+/m0/s1. The fourth-order valence-electron chi connectivity index (χ4n) is 8.06. The maximum atomic E-state index is 14.6. The van der Waals surface area contributed by atoms with Crippen LogP contribution in [0.4, 0.5) is 0 Å². The number of rotatable bonds is 14. The summed E-state index contributed by atoms with van der Waals surface area (Å²) in [4.78, 5) is 78.5. The minimum absolute atomic E-state index is 0.0856. The molecule has 274 valence electrons. The molecule has 1 saturated heterocycles. The molecular formula is C37H55N7O6. The molecule has 13 heteroatoms. The second kappa shape index (κ2) is 15.2. The number of aliphatic hydroxyl groups excluding tert-OH is 1. The smallest absolute Gasteiger partial charge is 0.272 e. The highest BCUT2D eigenvalue weighted by atomic mass is 16.3. The van der Waals surface area contributed by atoms with Gasteiger partial charge < -0.3 is 31.3 Å². The van der Waals surface area contributed by atoms with E-state index in [-0.39, 0.29) is 41.3 Å². The maximum absolute atomic E-state index is 14.6. The highest BCUT2D eigenvalue weighted by Crippen LogP contribution is 2.65. The molecule has 50 heavy (non-hydrogen) atoms. The third-order valence-electron chi connectivity index (χ3n) is 11.3. The Morgan fingerprint density at radius 3 is 2.32 bits per heavy atom. The van der Waals surface area contributed by atoms with Gasteiger partial charge in [0, 0.05) is 25.5 Å². The van der Waals surface area contributed by atoms with Crippen molar-refractivity contribution in [2.24, 2.45) is 34.5 Å². The second-order valence-electron chi connectivity index (χ2n) is 16.4. The van der Waals surface area contributed by atoms with Crippen molar-refractivity contribution in [3.8, 4) is 0 Å². The number of nitrogens with zero attached hydrogens (tertiary/aromatic N) is 3. The first-order valence-electron chi connectivity index (χ1n) is 18.2. The zero-order valence-electron chi connectivity index (χ0n) is 30.1. The van der Waals surface area contributed by atoms with Crippen molar-refractivity contribution >= 4 is 29.5 Å². The number of hydrogen-bond donors (Lipinski definition) is 5. The number of piperidine rings is 1. The zero-order chi connectivity index (χ0) is 36.4. The Labute approximate surface area is 295 Å². The Morgan fingerprint density at radius 1 is 1.02 bits per heavy atom. The van der Waals surface area contributed by atoms with Gasteiger partial charge in [0.1, 0.15) is 23.8 Å². The van der Waals surface area contributed by atoms with E-state index in [0.717, 1.165) is 44.9 Å². The topological polar surface area (TPSA) is 183 Å². The second-order valence-corrected chi connectivity index (χ2v) is 16.4. The minimum atomic E-state index is -1.46. The van der Waals surface area contributed by atoms with Crippen LogP contribution >= 0.6 is 0 Å². The molecular weight excluding hydrogens is 638 g/mol. The summed E-state index contributed by atoms with van der Waals surface area (Å²) < 4.78 is 0. The lowest BCUT2D eigenvalue weighted by Gasteiger charge is -2.39. The van der Waals surface area contributed by atoms with E-state index in [1.54, 1.807) is 4.90 Å². The fraction of sp³-hybridized carbons (Fsp3) is 0.703. The summed E-state index contributed by atoms with van der Waals surface area (Å²) in [7, 11) is 0. The van der Waals surface area contributed by atoms with Gasteiger partial charge in [-0.2, -0.15) is 0 Å². The van der Waals surface area contributed by atoms with Crippen LogP contribution in [0.2, 0.25) is 0 Å². The number of aromatic nitrogens is 2. The average Bonchev–Trinajstić information content (AvgIpc) is 3.95. The highest BCUT2D eigenvalue weighted by molar-refractivity contribution is 5.98. The van der Waals surface area contributed by atoms with Crippen molar-refractivity contribution in [2.75, 3.05) is 13.1 Å². The van der Waals surface area contributed by atoms with Crippen LogP contribution < -0.4 is 21.3 Å². The van der Waals surface area contributed by atoms with Gasteiger partial charge in [-0.3, -0.25) is 29.0 Å². The fourth-order valence-corrected chi connectivity index (χ4v) is 8.06. The molecule has 3 saturated carbocycles. The number of nitrogens with one attached hydrogen (secondary N) is 4. The van der Waals surface area contributed by atoms with E-state index in [1.165, 1.54) is 24.7 Å². The number of carbonyl (C=O) groups excluding carboxylic acids is 5. The van der Waals surface area contributed by atoms with Crippen molar-refractivity contribution in [2.45, 2.75) is 116 Å². The van der Waals surface area contributed by atoms with Gasteiger partial charge in [0.15, 0.2) is 6.10 Å². The Morgan fingerprint density at radius 2 is 1.72 bits per heavy atom. The SMILES string of the molecule is C=CCNC(=O)C(O)C(CC1CC1)NC(=O)[C@@H]1[C@@H]2[C@H](CN1C(=O)[C@@H](NC(=O)[C@@H](NC(=O)c1cnccn1)C1CCCCC1)C(C)(C)C)C2(C)C. The van der Waals surface area contributed by atoms with Crippen LogP contribution in [0.25, 0.3) is 0 Å². The monoisotopic (exact) mass is 693 g/mol. The highest BCUT2D eigenvalue weighted by Gasteiger charge is 2.70. The summed E-state index contributed by atoms with van der Waals surface area (Å²) in [6.45, 7) is 13.9. The van der Waals surface area contributed by atoms with Gasteiger partial charge in [-0.05, 0) is 53.8 Å². The van der Waals surface area contributed by atoms with E-state index >= 15 is 0 Å². The third-order valence-corrected chi connectivity index (χ3v) is 11.3. The summed E-state index contributed by atoms with van der Waals surface area (Å²) >= 11 is 0. The molecule has 3 aliphatic carbocycles. The molecule has 2 unspecified atom stereocenters. The molecule has 2 heterocycles. The third kappa shape index (κ3) is 8.35. The van der Waals surface area contributed by atoms with Gasteiger partial charge in [0.05, 0.1) is 12.2 Å². The number of fused-ring (bicyclic) bond motifs is 1. The minimum Gasteiger partial charge on any atom is -0.381 e. The quantitative estimate of drug-likeness (QED) is 0.184. The molecule has 0 radical (unpaired) electrons. The van der Waals surface area contributed by atoms with Crippen molar-refractivity contribution in [1.82, 2.24) is 36.1 Å². The van der Waals surface area contributed by atoms with Crippen LogP contribution in [0.5, 0.6) is 0 Å². The molecule has 1 aromatic heterocycles. The predicted molar refractivity (Wildman–Crippen MR) is 186 cm³/mol. The molecule has 1 aliphatic heterocycles. The molecule has 4 aliphatic rings. The summed E-state index contributed by atoms with van der Waals surface area (Å²) in [5.41, 5.74) is -0.821. The Balaban J connectivity index is 1.36. The van der Waals surface area contributed by atoms with E-state index in [1.807, 2.05) is 20.8 Å². The lowest BCUT2D eigenvalue weighted by atomic mass is 9.82. The van der Waals surface area contributed by atoms with Gasteiger partial charge in [0.2, 0.25) is 17.7 Å². The van der Waals surface area contributed by atoms with E-state index < -0.39 is 59.3 Å². The van der Waals surface area contributed by atoms with Crippen LogP contribution in [0.3, 0.4) is 0 Å². The predicted octanol–water partition coefficient (Wildman–Crippen LogP) is 2.12. The molecule has 5 amide bonds. The molecule has 0 spiro atoms. The van der Waals surface area contributed by atoms with Crippen LogP contribution in [0.1, 0.15) is 96.5 Å². The lowest BCUT2D eigenvalue weighted by Crippen LogP contribution is -2.63. The largest absolute Gasteiger partial charge is 0.381 e. The maximum Gasteiger partial charge on any atom is 0.272 e. The first kappa shape index (κ1) is 37.4.